The first-order valence-electron chi connectivity index (χ1n) is 10.8. The maximum Gasteiger partial charge on any atom is 0.341 e. The third kappa shape index (κ3) is 6.88. The van der Waals surface area contributed by atoms with E-state index in [-0.39, 0.29) is 10.9 Å². The Hall–Kier alpha value is -3.86. The van der Waals surface area contributed by atoms with Crippen LogP contribution < -0.4 is 14.9 Å². The summed E-state index contributed by atoms with van der Waals surface area (Å²) in [6, 6.07) is 20.4. The molecule has 0 atom stereocenters. The molecule has 188 valence electrons. The number of carboxylic acid groups (broad SMARTS) is 1. The molecule has 11 heteroatoms. The SMILES string of the molecule is O=C(O)COc1cccc(/C=C2/SC(=S)N(NC(=O)c3ccc(OCc4ccccc4Cl)cc3)C2=O)c1. The number of halogens is 1. The van der Waals surface area contributed by atoms with Crippen LogP contribution in [-0.2, 0) is 16.2 Å². The lowest BCUT2D eigenvalue weighted by Crippen LogP contribution is -2.44. The van der Waals surface area contributed by atoms with Crippen molar-refractivity contribution in [2.24, 2.45) is 0 Å². The van der Waals surface area contributed by atoms with E-state index in [1.165, 1.54) is 0 Å². The number of benzene rings is 3. The van der Waals surface area contributed by atoms with Crippen LogP contribution in [0.3, 0.4) is 0 Å². The van der Waals surface area contributed by atoms with E-state index < -0.39 is 24.4 Å². The Balaban J connectivity index is 1.37. The summed E-state index contributed by atoms with van der Waals surface area (Å²) in [5.74, 6) is -1.20. The van der Waals surface area contributed by atoms with Crippen molar-refractivity contribution in [2.45, 2.75) is 6.61 Å². The molecule has 0 unspecified atom stereocenters. The largest absolute Gasteiger partial charge is 0.489 e. The molecule has 1 fully saturated rings. The fraction of sp³-hybridized carbons (Fsp3) is 0.0769. The van der Waals surface area contributed by atoms with Gasteiger partial charge in [0.15, 0.2) is 10.9 Å². The molecule has 37 heavy (non-hydrogen) atoms. The summed E-state index contributed by atoms with van der Waals surface area (Å²) in [4.78, 5) is 36.6. The molecule has 1 aliphatic heterocycles. The monoisotopic (exact) mass is 554 g/mol. The van der Waals surface area contributed by atoms with Gasteiger partial charge in [-0.3, -0.25) is 15.0 Å². The number of nitrogens with one attached hydrogen (secondary N) is 1. The zero-order chi connectivity index (χ0) is 26.4. The highest BCUT2D eigenvalue weighted by Crippen LogP contribution is 2.32. The van der Waals surface area contributed by atoms with Gasteiger partial charge in [0.25, 0.3) is 11.8 Å². The lowest BCUT2D eigenvalue weighted by Gasteiger charge is -2.16. The Labute approximate surface area is 226 Å². The van der Waals surface area contributed by atoms with Gasteiger partial charge in [-0.05, 0) is 66.3 Å². The Morgan fingerprint density at radius 1 is 1.03 bits per heavy atom. The zero-order valence-electron chi connectivity index (χ0n) is 19.0. The zero-order valence-corrected chi connectivity index (χ0v) is 21.4. The van der Waals surface area contributed by atoms with E-state index in [0.717, 1.165) is 22.3 Å². The molecular weight excluding hydrogens is 536 g/mol. The fourth-order valence-corrected chi connectivity index (χ4v) is 4.57. The van der Waals surface area contributed by atoms with Crippen molar-refractivity contribution in [3.63, 3.8) is 0 Å². The average molecular weight is 555 g/mol. The van der Waals surface area contributed by atoms with Gasteiger partial charge in [-0.25, -0.2) is 4.79 Å². The van der Waals surface area contributed by atoms with Crippen LogP contribution in [0.5, 0.6) is 11.5 Å². The summed E-state index contributed by atoms with van der Waals surface area (Å²) in [6.07, 6.45) is 1.59. The first-order chi connectivity index (χ1) is 17.8. The highest BCUT2D eigenvalue weighted by Gasteiger charge is 2.33. The van der Waals surface area contributed by atoms with Gasteiger partial charge in [0, 0.05) is 16.1 Å². The van der Waals surface area contributed by atoms with Crippen LogP contribution in [-0.4, -0.2) is 38.8 Å². The molecular formula is C26H19ClN2O6S2. The molecule has 1 heterocycles. The molecule has 0 saturated carbocycles. The third-order valence-corrected chi connectivity index (χ3v) is 6.66. The predicted molar refractivity (Wildman–Crippen MR) is 144 cm³/mol. The number of carbonyl (C=O) groups is 3. The van der Waals surface area contributed by atoms with E-state index in [9.17, 15) is 14.4 Å². The minimum absolute atomic E-state index is 0.169. The number of nitrogens with zero attached hydrogens (tertiary/aromatic N) is 1. The van der Waals surface area contributed by atoms with Crippen molar-refractivity contribution in [2.75, 3.05) is 6.61 Å². The second-order valence-electron chi connectivity index (χ2n) is 7.62. The van der Waals surface area contributed by atoms with Crippen molar-refractivity contribution in [3.8, 4) is 11.5 Å². The summed E-state index contributed by atoms with van der Waals surface area (Å²) in [5.41, 5.74) is 4.30. The van der Waals surface area contributed by atoms with Crippen molar-refractivity contribution in [3.05, 3.63) is 99.4 Å². The molecule has 0 aromatic heterocycles. The fourth-order valence-electron chi connectivity index (χ4n) is 3.20. The van der Waals surface area contributed by atoms with E-state index in [2.05, 4.69) is 5.43 Å². The normalized spacial score (nSPS) is 14.1. The number of thioether (sulfide) groups is 1. The molecule has 2 amide bonds. The lowest BCUT2D eigenvalue weighted by molar-refractivity contribution is -0.139. The Morgan fingerprint density at radius 2 is 1.78 bits per heavy atom. The maximum atomic E-state index is 12.9. The quantitative estimate of drug-likeness (QED) is 0.283. The van der Waals surface area contributed by atoms with Crippen LogP contribution in [0, 0.1) is 0 Å². The highest BCUT2D eigenvalue weighted by atomic mass is 35.5. The Kier molecular flexibility index (Phi) is 8.44. The summed E-state index contributed by atoms with van der Waals surface area (Å²) >= 11 is 12.5. The van der Waals surface area contributed by atoms with Gasteiger partial charge in [0.05, 0.1) is 4.91 Å². The van der Waals surface area contributed by atoms with Crippen LogP contribution in [0.25, 0.3) is 6.08 Å². The van der Waals surface area contributed by atoms with E-state index in [4.69, 9.17) is 38.4 Å². The van der Waals surface area contributed by atoms with Crippen LogP contribution in [0.15, 0.2) is 77.7 Å². The van der Waals surface area contributed by atoms with E-state index in [0.29, 0.717) is 32.6 Å². The maximum absolute atomic E-state index is 12.9. The molecule has 3 aromatic rings. The topological polar surface area (TPSA) is 105 Å². The van der Waals surface area contributed by atoms with Gasteiger partial charge in [-0.1, -0.05) is 53.7 Å². The molecule has 0 spiro atoms. The van der Waals surface area contributed by atoms with Gasteiger partial charge in [0.2, 0.25) is 0 Å². The first kappa shape index (κ1) is 26.2. The summed E-state index contributed by atoms with van der Waals surface area (Å²) in [5, 5.41) is 10.4. The molecule has 0 aliphatic carbocycles. The van der Waals surface area contributed by atoms with E-state index in [1.807, 2.05) is 18.2 Å². The van der Waals surface area contributed by atoms with Gasteiger partial charge in [-0.2, -0.15) is 5.01 Å². The predicted octanol–water partition coefficient (Wildman–Crippen LogP) is 4.93. The Morgan fingerprint density at radius 3 is 2.51 bits per heavy atom. The number of hydrazine groups is 1. The number of ether oxygens (including phenoxy) is 2. The molecule has 0 bridgehead atoms. The molecule has 0 radical (unpaired) electrons. The summed E-state index contributed by atoms with van der Waals surface area (Å²) < 4.78 is 11.1. The summed E-state index contributed by atoms with van der Waals surface area (Å²) in [7, 11) is 0. The number of hydrogen-bond donors (Lipinski definition) is 2. The van der Waals surface area contributed by atoms with Crippen LogP contribution in [0.2, 0.25) is 5.02 Å². The minimum Gasteiger partial charge on any atom is -0.489 e. The molecule has 8 nitrogen and oxygen atoms in total. The van der Waals surface area contributed by atoms with Crippen LogP contribution in [0.4, 0.5) is 0 Å². The number of carboxylic acids is 1. The van der Waals surface area contributed by atoms with Crippen molar-refractivity contribution in [1.29, 1.82) is 0 Å². The Bertz CT molecular complexity index is 1390. The molecule has 3 aromatic carbocycles. The number of amides is 2. The third-order valence-electron chi connectivity index (χ3n) is 4.99. The minimum atomic E-state index is -1.10. The lowest BCUT2D eigenvalue weighted by atomic mass is 10.2. The van der Waals surface area contributed by atoms with Crippen LogP contribution in [0.1, 0.15) is 21.5 Å². The summed E-state index contributed by atoms with van der Waals surface area (Å²) in [6.45, 7) is -0.200. The van der Waals surface area contributed by atoms with Gasteiger partial charge in [-0.15, -0.1) is 0 Å². The second-order valence-corrected chi connectivity index (χ2v) is 9.70. The molecule has 4 rings (SSSR count). The van der Waals surface area contributed by atoms with E-state index in [1.54, 1.807) is 60.7 Å². The number of rotatable bonds is 9. The smallest absolute Gasteiger partial charge is 0.341 e. The number of thiocarbonyl (C=S) groups is 1. The molecule has 1 aliphatic rings. The van der Waals surface area contributed by atoms with Crippen LogP contribution >= 0.6 is 35.6 Å². The number of aliphatic carboxylic acids is 1. The van der Waals surface area contributed by atoms with Crippen molar-refractivity contribution >= 4 is 63.8 Å². The van der Waals surface area contributed by atoms with Crippen molar-refractivity contribution in [1.82, 2.24) is 10.4 Å². The van der Waals surface area contributed by atoms with Gasteiger partial charge < -0.3 is 14.6 Å². The van der Waals surface area contributed by atoms with Gasteiger partial charge >= 0.3 is 5.97 Å². The van der Waals surface area contributed by atoms with E-state index >= 15 is 0 Å². The van der Waals surface area contributed by atoms with Gasteiger partial charge in [0.1, 0.15) is 18.1 Å². The first-order valence-corrected chi connectivity index (χ1v) is 12.4. The second kappa shape index (κ2) is 11.9. The molecule has 1 saturated heterocycles. The number of hydrogen-bond acceptors (Lipinski definition) is 7. The average Bonchev–Trinajstić information content (AvgIpc) is 3.14. The molecule has 2 N–H and O–H groups in total. The highest BCUT2D eigenvalue weighted by molar-refractivity contribution is 8.26. The number of carbonyl (C=O) groups excluding carboxylic acids is 2. The van der Waals surface area contributed by atoms with Crippen molar-refractivity contribution < 1.29 is 29.0 Å². The standard InChI is InChI=1S/C26H19ClN2O6S2/c27-21-7-2-1-5-18(21)14-34-19-10-8-17(9-11-19)24(32)28-29-25(33)22(37-26(29)36)13-16-4-3-6-20(12-16)35-15-23(30)31/h1-13H,14-15H2,(H,28,32)(H,30,31)/b22-13+.